The molecule has 1 N–H and O–H groups in total. The van der Waals surface area contributed by atoms with Crippen LogP contribution in [0.1, 0.15) is 39.5 Å². The van der Waals surface area contributed by atoms with Gasteiger partial charge in [0.2, 0.25) is 0 Å². The molecule has 2 saturated carbocycles. The number of rotatable bonds is 9. The van der Waals surface area contributed by atoms with Crippen molar-refractivity contribution < 1.29 is 9.47 Å². The van der Waals surface area contributed by atoms with Crippen LogP contribution in [-0.2, 0) is 9.47 Å². The molecule has 3 nitrogen and oxygen atoms in total. The number of hydrogen-bond donors (Lipinski definition) is 1. The smallest absolute Gasteiger partial charge is 0.169 e. The van der Waals surface area contributed by atoms with E-state index in [1.165, 1.54) is 25.7 Å². The Morgan fingerprint density at radius 1 is 1.19 bits per heavy atom. The lowest BCUT2D eigenvalue weighted by molar-refractivity contribution is -0.133. The van der Waals surface area contributed by atoms with Crippen LogP contribution in [0.15, 0.2) is 0 Å². The van der Waals surface area contributed by atoms with E-state index in [1.807, 2.05) is 13.8 Å². The van der Waals surface area contributed by atoms with Crippen molar-refractivity contribution >= 4 is 0 Å². The second kappa shape index (κ2) is 5.48. The van der Waals surface area contributed by atoms with Gasteiger partial charge in [-0.05, 0) is 50.9 Å². The zero-order valence-corrected chi connectivity index (χ0v) is 10.6. The van der Waals surface area contributed by atoms with E-state index in [1.54, 1.807) is 0 Å². The molecule has 2 aliphatic carbocycles. The summed E-state index contributed by atoms with van der Waals surface area (Å²) in [5.41, 5.74) is 0.670. The fourth-order valence-corrected chi connectivity index (χ4v) is 2.56. The Balaban J connectivity index is 1.61. The van der Waals surface area contributed by atoms with Gasteiger partial charge in [-0.1, -0.05) is 0 Å². The summed E-state index contributed by atoms with van der Waals surface area (Å²) in [6, 6.07) is 0. The minimum Gasteiger partial charge on any atom is -0.352 e. The van der Waals surface area contributed by atoms with Crippen LogP contribution in [0.5, 0.6) is 0 Å². The van der Waals surface area contributed by atoms with E-state index < -0.39 is 0 Å². The van der Waals surface area contributed by atoms with Gasteiger partial charge in [0.25, 0.3) is 0 Å². The maximum absolute atomic E-state index is 5.51. The molecule has 94 valence electrons. The molecule has 0 bridgehead atoms. The molecule has 0 atom stereocenters. The van der Waals surface area contributed by atoms with Crippen LogP contribution >= 0.6 is 0 Å². The highest BCUT2D eigenvalue weighted by atomic mass is 16.7. The average Bonchev–Trinajstić information content (AvgIpc) is 3.13. The predicted octanol–water partition coefficient (Wildman–Crippen LogP) is 2.17. The lowest BCUT2D eigenvalue weighted by Gasteiger charge is -2.20. The molecule has 0 aromatic rings. The fraction of sp³-hybridized carbons (Fsp3) is 1.00. The SMILES string of the molecule is CCOC(CNCC1(C2CC2)CC1)OCC. The molecule has 16 heavy (non-hydrogen) atoms. The van der Waals surface area contributed by atoms with Gasteiger partial charge in [-0.3, -0.25) is 0 Å². The van der Waals surface area contributed by atoms with Gasteiger partial charge in [0, 0.05) is 26.3 Å². The maximum atomic E-state index is 5.51. The summed E-state index contributed by atoms with van der Waals surface area (Å²) in [6.07, 6.45) is 5.71. The van der Waals surface area contributed by atoms with Crippen LogP contribution in [-0.4, -0.2) is 32.6 Å². The molecule has 0 aromatic carbocycles. The van der Waals surface area contributed by atoms with E-state index in [0.717, 1.165) is 32.2 Å². The van der Waals surface area contributed by atoms with Crippen LogP contribution in [0.2, 0.25) is 0 Å². The summed E-state index contributed by atoms with van der Waals surface area (Å²) >= 11 is 0. The van der Waals surface area contributed by atoms with Gasteiger partial charge in [-0.25, -0.2) is 0 Å². The largest absolute Gasteiger partial charge is 0.352 e. The second-order valence-corrected chi connectivity index (χ2v) is 5.11. The van der Waals surface area contributed by atoms with E-state index in [2.05, 4.69) is 5.32 Å². The first-order valence-electron chi connectivity index (χ1n) is 6.74. The molecule has 2 rings (SSSR count). The van der Waals surface area contributed by atoms with Crippen molar-refractivity contribution in [2.45, 2.75) is 45.8 Å². The summed E-state index contributed by atoms with van der Waals surface area (Å²) in [5.74, 6) is 1.03. The minimum absolute atomic E-state index is 0.0648. The van der Waals surface area contributed by atoms with Crippen molar-refractivity contribution in [3.63, 3.8) is 0 Å². The Morgan fingerprint density at radius 3 is 2.25 bits per heavy atom. The number of hydrogen-bond acceptors (Lipinski definition) is 3. The summed E-state index contributed by atoms with van der Waals surface area (Å²) < 4.78 is 11.0. The third-order valence-corrected chi connectivity index (χ3v) is 3.83. The van der Waals surface area contributed by atoms with Gasteiger partial charge in [-0.2, -0.15) is 0 Å². The fourth-order valence-electron chi connectivity index (χ4n) is 2.56. The van der Waals surface area contributed by atoms with Crippen molar-refractivity contribution in [3.8, 4) is 0 Å². The lowest BCUT2D eigenvalue weighted by Crippen LogP contribution is -2.35. The van der Waals surface area contributed by atoms with Crippen LogP contribution in [0, 0.1) is 11.3 Å². The molecule has 2 aliphatic rings. The van der Waals surface area contributed by atoms with Crippen LogP contribution in [0.25, 0.3) is 0 Å². The monoisotopic (exact) mass is 227 g/mol. The third-order valence-electron chi connectivity index (χ3n) is 3.83. The standard InChI is InChI=1S/C13H25NO2/c1-3-15-12(16-4-2)9-14-10-13(7-8-13)11-5-6-11/h11-12,14H,3-10H2,1-2H3. The molecule has 2 fully saturated rings. The van der Waals surface area contributed by atoms with Gasteiger partial charge in [0.05, 0.1) is 0 Å². The van der Waals surface area contributed by atoms with E-state index >= 15 is 0 Å². The number of nitrogens with one attached hydrogen (secondary N) is 1. The Hall–Kier alpha value is -0.120. The van der Waals surface area contributed by atoms with E-state index in [9.17, 15) is 0 Å². The molecule has 0 radical (unpaired) electrons. The van der Waals surface area contributed by atoms with Gasteiger partial charge in [0.1, 0.15) is 0 Å². The highest BCUT2D eigenvalue weighted by Gasteiger charge is 2.53. The van der Waals surface area contributed by atoms with E-state index in [0.29, 0.717) is 5.41 Å². The third kappa shape index (κ3) is 3.19. The summed E-state index contributed by atoms with van der Waals surface area (Å²) in [4.78, 5) is 0. The van der Waals surface area contributed by atoms with Crippen molar-refractivity contribution in [2.24, 2.45) is 11.3 Å². The Morgan fingerprint density at radius 2 is 1.81 bits per heavy atom. The Labute approximate surface area is 98.9 Å². The van der Waals surface area contributed by atoms with E-state index in [4.69, 9.17) is 9.47 Å². The van der Waals surface area contributed by atoms with Gasteiger partial charge in [-0.15, -0.1) is 0 Å². The van der Waals surface area contributed by atoms with Crippen LogP contribution < -0.4 is 5.32 Å². The highest BCUT2D eigenvalue weighted by molar-refractivity contribution is 5.04. The van der Waals surface area contributed by atoms with Gasteiger partial charge >= 0.3 is 0 Å². The predicted molar refractivity (Wildman–Crippen MR) is 64.3 cm³/mol. The molecular weight excluding hydrogens is 202 g/mol. The molecule has 0 heterocycles. The Bertz CT molecular complexity index is 206. The van der Waals surface area contributed by atoms with Crippen LogP contribution in [0.3, 0.4) is 0 Å². The molecule has 0 aromatic heterocycles. The summed E-state index contributed by atoms with van der Waals surface area (Å²) in [7, 11) is 0. The second-order valence-electron chi connectivity index (χ2n) is 5.11. The summed E-state index contributed by atoms with van der Waals surface area (Å²) in [6.45, 7) is 7.46. The van der Waals surface area contributed by atoms with Crippen molar-refractivity contribution in [2.75, 3.05) is 26.3 Å². The normalized spacial score (nSPS) is 22.7. The van der Waals surface area contributed by atoms with Crippen molar-refractivity contribution in [3.05, 3.63) is 0 Å². The molecule has 0 aliphatic heterocycles. The summed E-state index contributed by atoms with van der Waals surface area (Å²) in [5, 5.41) is 3.53. The van der Waals surface area contributed by atoms with Gasteiger partial charge < -0.3 is 14.8 Å². The zero-order valence-electron chi connectivity index (χ0n) is 10.6. The molecule has 0 spiro atoms. The zero-order chi connectivity index (χ0) is 11.4. The highest BCUT2D eigenvalue weighted by Crippen LogP contribution is 2.60. The molecular formula is C13H25NO2. The Kier molecular flexibility index (Phi) is 4.22. The van der Waals surface area contributed by atoms with E-state index in [-0.39, 0.29) is 6.29 Å². The van der Waals surface area contributed by atoms with Crippen molar-refractivity contribution in [1.29, 1.82) is 0 Å². The molecule has 0 saturated heterocycles. The topological polar surface area (TPSA) is 30.5 Å². The average molecular weight is 227 g/mol. The van der Waals surface area contributed by atoms with Crippen LogP contribution in [0.4, 0.5) is 0 Å². The minimum atomic E-state index is -0.0648. The maximum Gasteiger partial charge on any atom is 0.169 e. The van der Waals surface area contributed by atoms with Gasteiger partial charge in [0.15, 0.2) is 6.29 Å². The first-order valence-corrected chi connectivity index (χ1v) is 6.74. The molecule has 0 unspecified atom stereocenters. The molecule has 3 heteroatoms. The quantitative estimate of drug-likeness (QED) is 0.612. The first kappa shape index (κ1) is 12.3. The van der Waals surface area contributed by atoms with Crippen molar-refractivity contribution in [1.82, 2.24) is 5.32 Å². The first-order chi connectivity index (χ1) is 7.80. The number of ether oxygens (including phenoxy) is 2. The lowest BCUT2D eigenvalue weighted by atomic mass is 10.0. The molecule has 0 amide bonds.